The number of likely N-dealkylation sites (tertiary alicyclic amines) is 1. The second-order valence-corrected chi connectivity index (χ2v) is 12.2. The van der Waals surface area contributed by atoms with Gasteiger partial charge >= 0.3 is 23.9 Å². The van der Waals surface area contributed by atoms with Crippen molar-refractivity contribution in [1.82, 2.24) is 31.5 Å². The topological polar surface area (TPSA) is 361 Å². The van der Waals surface area contributed by atoms with Crippen LogP contribution in [0.15, 0.2) is 0 Å². The summed E-state index contributed by atoms with van der Waals surface area (Å²) < 4.78 is 0. The first kappa shape index (κ1) is 44.6. The summed E-state index contributed by atoms with van der Waals surface area (Å²) in [4.78, 5) is 124. The van der Waals surface area contributed by atoms with Crippen molar-refractivity contribution >= 4 is 59.3 Å². The van der Waals surface area contributed by atoms with Crippen LogP contribution in [0.25, 0.3) is 0 Å². The third-order valence-electron chi connectivity index (χ3n) is 8.19. The van der Waals surface area contributed by atoms with Gasteiger partial charge in [0.05, 0.1) is 25.5 Å². The van der Waals surface area contributed by atoms with Crippen LogP contribution >= 0.6 is 0 Å². The van der Waals surface area contributed by atoms with Crippen LogP contribution in [0.5, 0.6) is 0 Å². The highest BCUT2D eigenvalue weighted by molar-refractivity contribution is 5.98. The van der Waals surface area contributed by atoms with Crippen LogP contribution in [0.2, 0.25) is 0 Å². The molecule has 292 valence electrons. The van der Waals surface area contributed by atoms with Crippen molar-refractivity contribution < 1.29 is 73.5 Å². The number of aliphatic hydroxyl groups is 1. The minimum atomic E-state index is -1.90. The number of nitrogens with one attached hydrogen (secondary N) is 5. The molecule has 1 rings (SSSR count). The van der Waals surface area contributed by atoms with Gasteiger partial charge in [0, 0.05) is 13.0 Å². The number of carbonyl (C=O) groups excluding carboxylic acids is 6. The molecule has 0 aromatic carbocycles. The molecule has 0 radical (unpaired) electrons. The normalized spacial score (nSPS) is 17.9. The Labute approximate surface area is 297 Å². The largest absolute Gasteiger partial charge is 0.481 e. The third-order valence-corrected chi connectivity index (χ3v) is 8.19. The summed E-state index contributed by atoms with van der Waals surface area (Å²) in [5.74, 6) is -12.5. The van der Waals surface area contributed by atoms with Crippen molar-refractivity contribution in [1.29, 1.82) is 0 Å². The molecular weight excluding hydrogens is 698 g/mol. The average Bonchev–Trinajstić information content (AvgIpc) is 3.56. The molecule has 0 bridgehead atoms. The molecule has 0 aromatic rings. The predicted octanol–water partition coefficient (Wildman–Crippen LogP) is -4.31. The maximum atomic E-state index is 13.7. The Kier molecular flexibility index (Phi) is 18.1. The Bertz CT molecular complexity index is 1380. The Morgan fingerprint density at radius 2 is 1.27 bits per heavy atom. The molecule has 8 atom stereocenters. The van der Waals surface area contributed by atoms with Crippen molar-refractivity contribution in [2.24, 2.45) is 11.7 Å². The molecule has 52 heavy (non-hydrogen) atoms. The lowest BCUT2D eigenvalue weighted by molar-refractivity contribution is -0.146. The first-order chi connectivity index (χ1) is 24.2. The van der Waals surface area contributed by atoms with Crippen LogP contribution in [-0.2, 0) is 47.9 Å². The highest BCUT2D eigenvalue weighted by atomic mass is 16.4. The Morgan fingerprint density at radius 3 is 1.75 bits per heavy atom. The molecule has 6 amide bonds. The fourth-order valence-corrected chi connectivity index (χ4v) is 5.00. The maximum Gasteiger partial charge on any atom is 0.328 e. The summed E-state index contributed by atoms with van der Waals surface area (Å²) in [7, 11) is 0. The van der Waals surface area contributed by atoms with Gasteiger partial charge in [0.2, 0.25) is 35.4 Å². The number of nitrogens with two attached hydrogens (primary N) is 1. The predicted molar refractivity (Wildman–Crippen MR) is 174 cm³/mol. The van der Waals surface area contributed by atoms with Gasteiger partial charge in [-0.15, -0.1) is 0 Å². The molecule has 22 nitrogen and oxygen atoms in total. The van der Waals surface area contributed by atoms with Crippen molar-refractivity contribution in [3.8, 4) is 0 Å². The molecule has 0 aromatic heterocycles. The molecule has 12 N–H and O–H groups in total. The lowest BCUT2D eigenvalue weighted by Crippen LogP contribution is -2.60. The Balaban J connectivity index is 3.10. The SMILES string of the molecule is CC[C@H](C)[C@H](NC(=O)[C@H](C)NC(=O)[C@H](CC(=O)O)NC(=O)[C@H](CC(=O)O)NC(=O)[C@@H](N)CCC(=O)O)C(=O)N1CCC[C@H]1C(=O)N[C@@H](CO)C(=O)O. The number of carboxylic acid groups (broad SMARTS) is 4. The third kappa shape index (κ3) is 14.1. The van der Waals surface area contributed by atoms with Crippen LogP contribution in [-0.4, -0.2) is 145 Å². The van der Waals surface area contributed by atoms with E-state index in [0.29, 0.717) is 12.8 Å². The number of hydrogen-bond donors (Lipinski definition) is 11. The van der Waals surface area contributed by atoms with Crippen LogP contribution in [0.1, 0.15) is 65.7 Å². The van der Waals surface area contributed by atoms with E-state index in [2.05, 4.69) is 16.0 Å². The molecule has 1 aliphatic rings. The fraction of sp³-hybridized carbons (Fsp3) is 0.667. The van der Waals surface area contributed by atoms with Gasteiger partial charge in [-0.1, -0.05) is 20.3 Å². The van der Waals surface area contributed by atoms with E-state index in [1.165, 1.54) is 11.8 Å². The number of aliphatic carboxylic acids is 4. The lowest BCUT2D eigenvalue weighted by atomic mass is 9.97. The van der Waals surface area contributed by atoms with E-state index < -0.39 is 133 Å². The van der Waals surface area contributed by atoms with Crippen molar-refractivity contribution in [2.75, 3.05) is 13.2 Å². The number of carboxylic acids is 4. The maximum absolute atomic E-state index is 13.7. The van der Waals surface area contributed by atoms with E-state index in [4.69, 9.17) is 15.9 Å². The second-order valence-electron chi connectivity index (χ2n) is 12.2. The standard InChI is InChI=1S/C30H47N7O15/c1-4-13(2)23(29(50)37-9-5-6-19(37)28(49)35-18(12-38)30(51)52)36-24(45)14(3)32-26(47)16(10-21(41)42)34-27(48)17(11-22(43)44)33-25(46)15(31)7-8-20(39)40/h13-19,23,38H,4-12,31H2,1-3H3,(H,32,47)(H,33,46)(H,34,48)(H,35,49)(H,36,45)(H,39,40)(H,41,42)(H,43,44)(H,51,52)/t13-,14-,15-,16-,17-,18-,19-,23-/m0/s1. The molecular formula is C30H47N7O15. The van der Waals surface area contributed by atoms with Crippen molar-refractivity contribution in [2.45, 2.75) is 108 Å². The van der Waals surface area contributed by atoms with E-state index in [-0.39, 0.29) is 19.4 Å². The number of nitrogens with zero attached hydrogens (tertiary/aromatic N) is 1. The quantitative estimate of drug-likeness (QED) is 0.0499. The molecule has 1 fully saturated rings. The van der Waals surface area contributed by atoms with Crippen LogP contribution in [0.4, 0.5) is 0 Å². The number of hydrogen-bond acceptors (Lipinski definition) is 12. The van der Waals surface area contributed by atoms with Gasteiger partial charge in [-0.25, -0.2) is 4.79 Å². The van der Waals surface area contributed by atoms with E-state index >= 15 is 0 Å². The fourth-order valence-electron chi connectivity index (χ4n) is 5.00. The van der Waals surface area contributed by atoms with Gasteiger partial charge in [-0.05, 0) is 32.1 Å². The first-order valence-corrected chi connectivity index (χ1v) is 16.3. The van der Waals surface area contributed by atoms with Gasteiger partial charge < -0.3 is 62.8 Å². The summed E-state index contributed by atoms with van der Waals surface area (Å²) in [6.07, 6.45) is -2.05. The first-order valence-electron chi connectivity index (χ1n) is 16.3. The number of amides is 6. The Morgan fingerprint density at radius 1 is 0.731 bits per heavy atom. The van der Waals surface area contributed by atoms with Crippen molar-refractivity contribution in [3.05, 3.63) is 0 Å². The summed E-state index contributed by atoms with van der Waals surface area (Å²) in [5.41, 5.74) is 5.61. The second kappa shape index (κ2) is 21.1. The molecule has 0 spiro atoms. The zero-order chi connectivity index (χ0) is 39.9. The van der Waals surface area contributed by atoms with Crippen LogP contribution in [0, 0.1) is 5.92 Å². The molecule has 1 saturated heterocycles. The number of aliphatic hydroxyl groups excluding tert-OH is 1. The monoisotopic (exact) mass is 745 g/mol. The number of carbonyl (C=O) groups is 10. The average molecular weight is 746 g/mol. The summed E-state index contributed by atoms with van der Waals surface area (Å²) in [5, 5.41) is 56.8. The van der Waals surface area contributed by atoms with E-state index in [1.54, 1.807) is 13.8 Å². The molecule has 1 heterocycles. The molecule has 22 heteroatoms. The Hall–Kier alpha value is -5.38. The molecule has 0 unspecified atom stereocenters. The zero-order valence-electron chi connectivity index (χ0n) is 28.8. The van der Waals surface area contributed by atoms with E-state index in [1.807, 2.05) is 10.6 Å². The van der Waals surface area contributed by atoms with Gasteiger partial charge in [0.1, 0.15) is 36.3 Å². The summed E-state index contributed by atoms with van der Waals surface area (Å²) >= 11 is 0. The van der Waals surface area contributed by atoms with Crippen molar-refractivity contribution in [3.63, 3.8) is 0 Å². The van der Waals surface area contributed by atoms with E-state index in [0.717, 1.165) is 0 Å². The van der Waals surface area contributed by atoms with Crippen LogP contribution < -0.4 is 32.3 Å². The summed E-state index contributed by atoms with van der Waals surface area (Å²) in [6, 6.07) is -10.6. The molecule has 0 aliphatic carbocycles. The lowest BCUT2D eigenvalue weighted by Gasteiger charge is -2.32. The van der Waals surface area contributed by atoms with Gasteiger partial charge in [0.25, 0.3) is 0 Å². The highest BCUT2D eigenvalue weighted by Crippen LogP contribution is 2.22. The van der Waals surface area contributed by atoms with Gasteiger partial charge in [0.15, 0.2) is 0 Å². The van der Waals surface area contributed by atoms with Crippen LogP contribution in [0.3, 0.4) is 0 Å². The smallest absolute Gasteiger partial charge is 0.328 e. The minimum absolute atomic E-state index is 0.0943. The molecule has 0 saturated carbocycles. The van der Waals surface area contributed by atoms with Gasteiger partial charge in [-0.2, -0.15) is 0 Å². The zero-order valence-corrected chi connectivity index (χ0v) is 28.8. The summed E-state index contributed by atoms with van der Waals surface area (Å²) in [6.45, 7) is 3.74. The minimum Gasteiger partial charge on any atom is -0.481 e. The number of rotatable bonds is 22. The van der Waals surface area contributed by atoms with Gasteiger partial charge in [-0.3, -0.25) is 43.2 Å². The van der Waals surface area contributed by atoms with E-state index in [9.17, 15) is 63.3 Å². The highest BCUT2D eigenvalue weighted by Gasteiger charge is 2.41. The molecule has 1 aliphatic heterocycles.